The van der Waals surface area contributed by atoms with Gasteiger partial charge in [-0.1, -0.05) is 22.7 Å². The Bertz CT molecular complexity index is 674. The van der Waals surface area contributed by atoms with Crippen LogP contribution in [0.15, 0.2) is 41.9 Å². The van der Waals surface area contributed by atoms with Crippen LogP contribution in [0.2, 0.25) is 0 Å². The topological polar surface area (TPSA) is 55.7 Å². The van der Waals surface area contributed by atoms with E-state index in [1.54, 1.807) is 17.6 Å². The van der Waals surface area contributed by atoms with Gasteiger partial charge in [0.05, 0.1) is 5.52 Å². The Morgan fingerprint density at radius 1 is 1.18 bits per heavy atom. The van der Waals surface area contributed by atoms with E-state index in [1.807, 2.05) is 24.3 Å². The molecule has 0 saturated heterocycles. The predicted octanol–water partition coefficient (Wildman–Crippen LogP) is 2.32. The fraction of sp³-hybridized carbons (Fsp3) is 0. The van der Waals surface area contributed by atoms with E-state index in [0.717, 1.165) is 10.9 Å². The third-order valence-corrected chi connectivity index (χ3v) is 2.99. The number of carbonyl (C=O) groups excluding carboxylic acids is 1. The van der Waals surface area contributed by atoms with E-state index in [0.29, 0.717) is 11.3 Å². The molecule has 0 aliphatic rings. The molecular formula is C12H7N3OS. The van der Waals surface area contributed by atoms with Gasteiger partial charge in [-0.05, 0) is 23.7 Å². The average molecular weight is 241 g/mol. The Kier molecular flexibility index (Phi) is 2.38. The smallest absolute Gasteiger partial charge is 0.214 e. The van der Waals surface area contributed by atoms with Crippen molar-refractivity contribution in [3.05, 3.63) is 53.2 Å². The first kappa shape index (κ1) is 10.0. The first-order valence-corrected chi connectivity index (χ1v) is 5.85. The van der Waals surface area contributed by atoms with Gasteiger partial charge in [-0.15, -0.1) is 5.10 Å². The van der Waals surface area contributed by atoms with E-state index in [1.165, 1.54) is 11.5 Å². The highest BCUT2D eigenvalue weighted by atomic mass is 32.1. The molecule has 17 heavy (non-hydrogen) atoms. The van der Waals surface area contributed by atoms with Crippen LogP contribution in [0.25, 0.3) is 10.9 Å². The zero-order valence-electron chi connectivity index (χ0n) is 8.70. The molecule has 0 fully saturated rings. The molecule has 2 aromatic heterocycles. The second kappa shape index (κ2) is 4.03. The summed E-state index contributed by atoms with van der Waals surface area (Å²) < 4.78 is 3.70. The first-order valence-electron chi connectivity index (χ1n) is 5.02. The van der Waals surface area contributed by atoms with E-state index in [-0.39, 0.29) is 5.78 Å². The normalized spacial score (nSPS) is 10.6. The molecule has 1 aromatic carbocycles. The quantitative estimate of drug-likeness (QED) is 0.646. The number of nitrogens with zero attached hydrogens (tertiary/aromatic N) is 3. The highest BCUT2D eigenvalue weighted by Crippen LogP contribution is 2.19. The molecular weight excluding hydrogens is 234 g/mol. The summed E-state index contributed by atoms with van der Waals surface area (Å²) in [7, 11) is 0. The summed E-state index contributed by atoms with van der Waals surface area (Å²) in [5.41, 5.74) is 1.80. The van der Waals surface area contributed by atoms with Crippen LogP contribution in [0.1, 0.15) is 16.1 Å². The van der Waals surface area contributed by atoms with Gasteiger partial charge in [0.15, 0.2) is 0 Å². The van der Waals surface area contributed by atoms with Crippen molar-refractivity contribution in [3.8, 4) is 0 Å². The molecule has 0 amide bonds. The standard InChI is InChI=1S/C12H7N3OS/c16-12(11-7-17-15-14-11)9-3-1-5-10-8(9)4-2-6-13-10/h1-7H. The van der Waals surface area contributed by atoms with E-state index in [2.05, 4.69) is 14.6 Å². The molecule has 0 aliphatic heterocycles. The van der Waals surface area contributed by atoms with Crippen LogP contribution in [0.4, 0.5) is 0 Å². The summed E-state index contributed by atoms with van der Waals surface area (Å²) in [5, 5.41) is 6.29. The van der Waals surface area contributed by atoms with Gasteiger partial charge in [-0.2, -0.15) is 0 Å². The van der Waals surface area contributed by atoms with Crippen molar-refractivity contribution in [1.82, 2.24) is 14.6 Å². The van der Waals surface area contributed by atoms with Gasteiger partial charge in [0.1, 0.15) is 5.69 Å². The van der Waals surface area contributed by atoms with Crippen LogP contribution in [0, 0.1) is 0 Å². The number of aromatic nitrogens is 3. The minimum absolute atomic E-state index is 0.114. The number of ketones is 1. The van der Waals surface area contributed by atoms with E-state index in [9.17, 15) is 4.79 Å². The Morgan fingerprint density at radius 2 is 2.12 bits per heavy atom. The van der Waals surface area contributed by atoms with Crippen molar-refractivity contribution < 1.29 is 4.79 Å². The number of carbonyl (C=O) groups is 1. The molecule has 3 rings (SSSR count). The molecule has 2 heterocycles. The summed E-state index contributed by atoms with van der Waals surface area (Å²) in [4.78, 5) is 16.4. The maximum atomic E-state index is 12.2. The molecule has 4 nitrogen and oxygen atoms in total. The van der Waals surface area contributed by atoms with Gasteiger partial charge in [0, 0.05) is 22.5 Å². The monoisotopic (exact) mass is 241 g/mol. The van der Waals surface area contributed by atoms with Gasteiger partial charge in [0.2, 0.25) is 5.78 Å². The van der Waals surface area contributed by atoms with Gasteiger partial charge in [0.25, 0.3) is 0 Å². The Morgan fingerprint density at radius 3 is 2.94 bits per heavy atom. The highest BCUT2D eigenvalue weighted by molar-refractivity contribution is 7.03. The summed E-state index contributed by atoms with van der Waals surface area (Å²) >= 11 is 1.17. The maximum Gasteiger partial charge on any atom is 0.214 e. The van der Waals surface area contributed by atoms with Gasteiger partial charge >= 0.3 is 0 Å². The molecule has 0 saturated carbocycles. The Balaban J connectivity index is 2.21. The zero-order chi connectivity index (χ0) is 11.7. The van der Waals surface area contributed by atoms with Crippen LogP contribution < -0.4 is 0 Å². The second-order valence-corrected chi connectivity index (χ2v) is 4.10. The van der Waals surface area contributed by atoms with Gasteiger partial charge in [-0.3, -0.25) is 9.78 Å². The van der Waals surface area contributed by atoms with Crippen molar-refractivity contribution in [2.24, 2.45) is 0 Å². The Labute approximate surface area is 101 Å². The van der Waals surface area contributed by atoms with Crippen LogP contribution in [0.3, 0.4) is 0 Å². The maximum absolute atomic E-state index is 12.2. The van der Waals surface area contributed by atoms with Crippen molar-refractivity contribution in [2.45, 2.75) is 0 Å². The molecule has 5 heteroatoms. The minimum Gasteiger partial charge on any atom is -0.287 e. The van der Waals surface area contributed by atoms with Crippen molar-refractivity contribution >= 4 is 28.2 Å². The molecule has 3 aromatic rings. The number of benzene rings is 1. The molecule has 0 aliphatic carbocycles. The van der Waals surface area contributed by atoms with Crippen molar-refractivity contribution in [3.63, 3.8) is 0 Å². The first-order chi connectivity index (χ1) is 8.36. The summed E-state index contributed by atoms with van der Waals surface area (Å²) in [6.45, 7) is 0. The molecule has 0 unspecified atom stereocenters. The third kappa shape index (κ3) is 1.70. The summed E-state index contributed by atoms with van der Waals surface area (Å²) in [6, 6.07) is 9.19. The van der Waals surface area contributed by atoms with Crippen molar-refractivity contribution in [1.29, 1.82) is 0 Å². The number of hydrogen-bond donors (Lipinski definition) is 0. The fourth-order valence-electron chi connectivity index (χ4n) is 1.70. The van der Waals surface area contributed by atoms with Crippen LogP contribution >= 0.6 is 11.5 Å². The molecule has 0 radical (unpaired) electrons. The molecule has 82 valence electrons. The largest absolute Gasteiger partial charge is 0.287 e. The van der Waals surface area contributed by atoms with Crippen LogP contribution in [-0.4, -0.2) is 20.4 Å². The molecule has 0 spiro atoms. The minimum atomic E-state index is -0.114. The lowest BCUT2D eigenvalue weighted by molar-refractivity contribution is 0.103. The van der Waals surface area contributed by atoms with Gasteiger partial charge < -0.3 is 0 Å². The van der Waals surface area contributed by atoms with Crippen molar-refractivity contribution in [2.75, 3.05) is 0 Å². The molecule has 0 N–H and O–H groups in total. The zero-order valence-corrected chi connectivity index (χ0v) is 9.52. The summed E-state index contributed by atoms with van der Waals surface area (Å²) in [6.07, 6.45) is 1.71. The van der Waals surface area contributed by atoms with Gasteiger partial charge in [-0.25, -0.2) is 0 Å². The van der Waals surface area contributed by atoms with E-state index in [4.69, 9.17) is 0 Å². The third-order valence-electron chi connectivity index (χ3n) is 2.48. The van der Waals surface area contributed by atoms with E-state index < -0.39 is 0 Å². The number of fused-ring (bicyclic) bond motifs is 1. The average Bonchev–Trinajstić information content (AvgIpc) is 2.91. The fourth-order valence-corrected chi connectivity index (χ4v) is 2.14. The number of hydrogen-bond acceptors (Lipinski definition) is 5. The molecule has 0 bridgehead atoms. The second-order valence-electron chi connectivity index (χ2n) is 3.49. The van der Waals surface area contributed by atoms with Crippen LogP contribution in [-0.2, 0) is 0 Å². The lowest BCUT2D eigenvalue weighted by Crippen LogP contribution is -2.02. The predicted molar refractivity (Wildman–Crippen MR) is 65.1 cm³/mol. The number of rotatable bonds is 2. The van der Waals surface area contributed by atoms with E-state index >= 15 is 0 Å². The molecule has 0 atom stereocenters. The number of pyridine rings is 1. The SMILES string of the molecule is O=C(c1csnn1)c1cccc2ncccc12. The highest BCUT2D eigenvalue weighted by Gasteiger charge is 2.14. The lowest BCUT2D eigenvalue weighted by Gasteiger charge is -2.02. The summed E-state index contributed by atoms with van der Waals surface area (Å²) in [5.74, 6) is -0.114. The Hall–Kier alpha value is -2.14. The van der Waals surface area contributed by atoms with Crippen LogP contribution in [0.5, 0.6) is 0 Å². The lowest BCUT2D eigenvalue weighted by atomic mass is 10.0.